The molecule has 3 heteroatoms. The summed E-state index contributed by atoms with van der Waals surface area (Å²) in [5, 5.41) is 3.23. The van der Waals surface area contributed by atoms with Gasteiger partial charge in [0.15, 0.2) is 0 Å². The summed E-state index contributed by atoms with van der Waals surface area (Å²) in [6, 6.07) is 62.1. The van der Waals surface area contributed by atoms with Crippen LogP contribution in [0.5, 0.6) is 0 Å². The molecule has 0 heterocycles. The molecule has 7 aromatic rings. The summed E-state index contributed by atoms with van der Waals surface area (Å²) >= 11 is 0. The molecule has 0 saturated heterocycles. The zero-order chi connectivity index (χ0) is 35.9. The SMILES string of the molecule is CCc1ccc(N(c2ccc(Cc3ccc(Cc4ccc(N(c5ccc(C)cc5)c5ccc(C)cc5)cc4)cc3)cc2)c2ccc(NC)cc2)cc1. The number of aryl methyl sites for hydroxylation is 3. The molecule has 0 radical (unpaired) electrons. The van der Waals surface area contributed by atoms with E-state index in [0.29, 0.717) is 0 Å². The van der Waals surface area contributed by atoms with Crippen LogP contribution in [0.1, 0.15) is 45.9 Å². The van der Waals surface area contributed by atoms with Gasteiger partial charge in [-0.15, -0.1) is 0 Å². The molecule has 0 aliphatic carbocycles. The Balaban J connectivity index is 1.03. The first-order valence-corrected chi connectivity index (χ1v) is 18.3. The highest BCUT2D eigenvalue weighted by Gasteiger charge is 2.14. The van der Waals surface area contributed by atoms with Crippen LogP contribution >= 0.6 is 0 Å². The van der Waals surface area contributed by atoms with Crippen molar-refractivity contribution in [2.24, 2.45) is 0 Å². The lowest BCUT2D eigenvalue weighted by atomic mass is 9.99. The van der Waals surface area contributed by atoms with Crippen molar-refractivity contribution in [3.63, 3.8) is 0 Å². The van der Waals surface area contributed by atoms with Crippen molar-refractivity contribution in [3.05, 3.63) is 209 Å². The molecule has 0 spiro atoms. The van der Waals surface area contributed by atoms with Gasteiger partial charge in [-0.25, -0.2) is 0 Å². The molecule has 258 valence electrons. The van der Waals surface area contributed by atoms with E-state index in [0.717, 1.165) is 59.1 Å². The lowest BCUT2D eigenvalue weighted by Crippen LogP contribution is -2.10. The van der Waals surface area contributed by atoms with Crippen LogP contribution in [0.15, 0.2) is 170 Å². The van der Waals surface area contributed by atoms with Gasteiger partial charge in [-0.2, -0.15) is 0 Å². The fraction of sp³-hybridized carbons (Fsp3) is 0.143. The molecule has 0 fully saturated rings. The van der Waals surface area contributed by atoms with Crippen LogP contribution in [0, 0.1) is 13.8 Å². The largest absolute Gasteiger partial charge is 0.388 e. The summed E-state index contributed by atoms with van der Waals surface area (Å²) in [6.07, 6.45) is 2.82. The van der Waals surface area contributed by atoms with Crippen LogP contribution in [0.2, 0.25) is 0 Å². The van der Waals surface area contributed by atoms with Gasteiger partial charge in [-0.05, 0) is 146 Å². The van der Waals surface area contributed by atoms with Gasteiger partial charge in [-0.1, -0.05) is 103 Å². The molecule has 0 aliphatic heterocycles. The lowest BCUT2D eigenvalue weighted by Gasteiger charge is -2.26. The Morgan fingerprint density at radius 3 is 0.885 bits per heavy atom. The topological polar surface area (TPSA) is 18.5 Å². The van der Waals surface area contributed by atoms with Gasteiger partial charge in [0, 0.05) is 46.9 Å². The smallest absolute Gasteiger partial charge is 0.0463 e. The maximum Gasteiger partial charge on any atom is 0.0463 e. The van der Waals surface area contributed by atoms with Crippen molar-refractivity contribution in [1.82, 2.24) is 0 Å². The number of anilines is 7. The van der Waals surface area contributed by atoms with Gasteiger partial charge in [-0.3, -0.25) is 0 Å². The Labute approximate surface area is 309 Å². The van der Waals surface area contributed by atoms with Crippen molar-refractivity contribution < 1.29 is 0 Å². The molecule has 0 aliphatic rings. The van der Waals surface area contributed by atoms with Crippen LogP contribution in [0.3, 0.4) is 0 Å². The van der Waals surface area contributed by atoms with E-state index in [-0.39, 0.29) is 0 Å². The van der Waals surface area contributed by atoms with E-state index >= 15 is 0 Å². The third-order valence-electron chi connectivity index (χ3n) is 9.83. The monoisotopic (exact) mass is 677 g/mol. The molecule has 0 unspecified atom stereocenters. The van der Waals surface area contributed by atoms with Crippen LogP contribution in [0.4, 0.5) is 39.8 Å². The fourth-order valence-electron chi connectivity index (χ4n) is 6.71. The summed E-state index contributed by atoms with van der Waals surface area (Å²) in [7, 11) is 1.95. The second-order valence-corrected chi connectivity index (χ2v) is 13.7. The molecule has 3 nitrogen and oxygen atoms in total. The molecule has 7 rings (SSSR count). The minimum absolute atomic E-state index is 0.894. The number of benzene rings is 7. The third-order valence-corrected chi connectivity index (χ3v) is 9.83. The van der Waals surface area contributed by atoms with E-state index in [9.17, 15) is 0 Å². The van der Waals surface area contributed by atoms with E-state index in [2.05, 4.69) is 206 Å². The van der Waals surface area contributed by atoms with Gasteiger partial charge in [0.25, 0.3) is 0 Å². The van der Waals surface area contributed by atoms with Crippen molar-refractivity contribution in [2.45, 2.75) is 40.0 Å². The molecular weight excluding hydrogens is 631 g/mol. The third kappa shape index (κ3) is 8.11. The predicted molar refractivity (Wildman–Crippen MR) is 223 cm³/mol. The van der Waals surface area contributed by atoms with Crippen LogP contribution in [-0.4, -0.2) is 7.05 Å². The predicted octanol–water partition coefficient (Wildman–Crippen LogP) is 13.0. The molecule has 0 amide bonds. The molecule has 0 aromatic heterocycles. The summed E-state index contributed by atoms with van der Waals surface area (Å²) in [4.78, 5) is 4.65. The van der Waals surface area contributed by atoms with E-state index in [1.807, 2.05) is 7.05 Å². The first-order valence-electron chi connectivity index (χ1n) is 18.3. The molecule has 0 saturated carbocycles. The standard InChI is InChI=1S/C49H47N3/c1-5-38-14-26-46(27-15-38)52(49-32-20-43(50-4)21-33-49)48-30-18-42(19-31-48)35-40-12-10-39(11-13-40)34-41-16-28-47(29-17-41)51(44-22-6-36(2)7-23-44)45-24-8-37(3)9-25-45/h6-33,50H,5,34-35H2,1-4H3. The van der Waals surface area contributed by atoms with Gasteiger partial charge >= 0.3 is 0 Å². The van der Waals surface area contributed by atoms with Crippen molar-refractivity contribution in [2.75, 3.05) is 22.2 Å². The Bertz CT molecular complexity index is 2070. The summed E-state index contributed by atoms with van der Waals surface area (Å²) in [5.41, 5.74) is 17.1. The zero-order valence-electron chi connectivity index (χ0n) is 30.7. The minimum atomic E-state index is 0.894. The van der Waals surface area contributed by atoms with E-state index < -0.39 is 0 Å². The molecule has 0 bridgehead atoms. The highest BCUT2D eigenvalue weighted by atomic mass is 15.1. The average Bonchev–Trinajstić information content (AvgIpc) is 3.19. The fourth-order valence-corrected chi connectivity index (χ4v) is 6.71. The van der Waals surface area contributed by atoms with Gasteiger partial charge in [0.1, 0.15) is 0 Å². The van der Waals surface area contributed by atoms with Crippen LogP contribution < -0.4 is 15.1 Å². The van der Waals surface area contributed by atoms with Crippen LogP contribution in [0.25, 0.3) is 0 Å². The second kappa shape index (κ2) is 15.9. The maximum absolute atomic E-state index is 3.23. The van der Waals surface area contributed by atoms with E-state index in [1.54, 1.807) is 0 Å². The van der Waals surface area contributed by atoms with E-state index in [4.69, 9.17) is 0 Å². The number of hydrogen-bond donors (Lipinski definition) is 1. The Morgan fingerprint density at radius 2 is 0.596 bits per heavy atom. The number of hydrogen-bond acceptors (Lipinski definition) is 3. The number of nitrogens with zero attached hydrogens (tertiary/aromatic N) is 2. The molecule has 1 N–H and O–H groups in total. The zero-order valence-corrected chi connectivity index (χ0v) is 30.7. The normalized spacial score (nSPS) is 10.9. The lowest BCUT2D eigenvalue weighted by molar-refractivity contribution is 1.13. The molecule has 52 heavy (non-hydrogen) atoms. The minimum Gasteiger partial charge on any atom is -0.388 e. The number of nitrogens with one attached hydrogen (secondary N) is 1. The van der Waals surface area contributed by atoms with Crippen molar-refractivity contribution in [3.8, 4) is 0 Å². The van der Waals surface area contributed by atoms with E-state index in [1.165, 1.54) is 38.9 Å². The highest BCUT2D eigenvalue weighted by molar-refractivity contribution is 5.78. The van der Waals surface area contributed by atoms with Crippen LogP contribution in [-0.2, 0) is 19.3 Å². The van der Waals surface area contributed by atoms with Crippen molar-refractivity contribution in [1.29, 1.82) is 0 Å². The Kier molecular flexibility index (Phi) is 10.5. The Hall–Kier alpha value is -6.06. The van der Waals surface area contributed by atoms with Gasteiger partial charge in [0.05, 0.1) is 0 Å². The maximum atomic E-state index is 3.23. The molecule has 7 aromatic carbocycles. The number of rotatable bonds is 12. The van der Waals surface area contributed by atoms with Gasteiger partial charge < -0.3 is 15.1 Å². The molecule has 0 atom stereocenters. The summed E-state index contributed by atoms with van der Waals surface area (Å²) < 4.78 is 0. The highest BCUT2D eigenvalue weighted by Crippen LogP contribution is 2.37. The molecular formula is C49H47N3. The summed E-state index contributed by atoms with van der Waals surface area (Å²) in [5.74, 6) is 0. The average molecular weight is 678 g/mol. The quantitative estimate of drug-likeness (QED) is 0.139. The summed E-state index contributed by atoms with van der Waals surface area (Å²) in [6.45, 7) is 6.46. The first kappa shape index (κ1) is 34.4. The Morgan fingerprint density at radius 1 is 0.346 bits per heavy atom. The van der Waals surface area contributed by atoms with Crippen molar-refractivity contribution >= 4 is 39.8 Å². The van der Waals surface area contributed by atoms with Gasteiger partial charge in [0.2, 0.25) is 0 Å². The first-order chi connectivity index (χ1) is 25.4. The second-order valence-electron chi connectivity index (χ2n) is 13.7.